The number of carbonyl (C=O) groups is 1. The van der Waals surface area contributed by atoms with Crippen LogP contribution in [-0.2, 0) is 27.7 Å². The SMILES string of the molecule is C[C@H]1CCc2nc(NC(=O)[C@@H]3CCCN3S(=O)(=O)c3ccccc3)sc2C1. The van der Waals surface area contributed by atoms with E-state index in [4.69, 9.17) is 0 Å². The molecule has 8 heteroatoms. The summed E-state index contributed by atoms with van der Waals surface area (Å²) >= 11 is 1.52. The number of aryl methyl sites for hydroxylation is 1. The van der Waals surface area contributed by atoms with Gasteiger partial charge >= 0.3 is 0 Å². The third kappa shape index (κ3) is 3.66. The van der Waals surface area contributed by atoms with Crippen molar-refractivity contribution in [1.82, 2.24) is 9.29 Å². The van der Waals surface area contributed by atoms with Gasteiger partial charge in [-0.05, 0) is 50.2 Å². The van der Waals surface area contributed by atoms with E-state index < -0.39 is 16.1 Å². The minimum absolute atomic E-state index is 0.225. The predicted molar refractivity (Wildman–Crippen MR) is 105 cm³/mol. The van der Waals surface area contributed by atoms with Gasteiger partial charge in [0.2, 0.25) is 15.9 Å². The Bertz CT molecular complexity index is 940. The van der Waals surface area contributed by atoms with Crippen molar-refractivity contribution in [1.29, 1.82) is 0 Å². The number of hydrogen-bond acceptors (Lipinski definition) is 5. The van der Waals surface area contributed by atoms with Crippen LogP contribution in [0.1, 0.15) is 36.8 Å². The first kappa shape index (κ1) is 18.6. The smallest absolute Gasteiger partial charge is 0.244 e. The number of rotatable bonds is 4. The maximum Gasteiger partial charge on any atom is 0.244 e. The maximum absolute atomic E-state index is 12.9. The van der Waals surface area contributed by atoms with Gasteiger partial charge in [0, 0.05) is 11.4 Å². The van der Waals surface area contributed by atoms with Crippen LogP contribution in [0.4, 0.5) is 5.13 Å². The second kappa shape index (κ2) is 7.33. The Morgan fingerprint density at radius 3 is 2.81 bits per heavy atom. The van der Waals surface area contributed by atoms with Gasteiger partial charge in [-0.25, -0.2) is 13.4 Å². The first-order valence-electron chi connectivity index (χ1n) is 9.31. The fourth-order valence-corrected chi connectivity index (χ4v) is 6.65. The van der Waals surface area contributed by atoms with E-state index in [9.17, 15) is 13.2 Å². The summed E-state index contributed by atoms with van der Waals surface area (Å²) in [4.78, 5) is 18.9. The highest BCUT2D eigenvalue weighted by molar-refractivity contribution is 7.89. The molecule has 1 N–H and O–H groups in total. The first-order chi connectivity index (χ1) is 12.9. The second-order valence-corrected chi connectivity index (χ2v) is 10.3. The molecule has 27 heavy (non-hydrogen) atoms. The average Bonchev–Trinajstić information content (AvgIpc) is 3.29. The van der Waals surface area contributed by atoms with E-state index >= 15 is 0 Å². The van der Waals surface area contributed by atoms with Crippen LogP contribution in [0.25, 0.3) is 0 Å². The highest BCUT2D eigenvalue weighted by Gasteiger charge is 2.39. The van der Waals surface area contributed by atoms with Gasteiger partial charge in [0.15, 0.2) is 5.13 Å². The first-order valence-corrected chi connectivity index (χ1v) is 11.6. The fourth-order valence-electron chi connectivity index (χ4n) is 3.80. The number of sulfonamides is 1. The van der Waals surface area contributed by atoms with Crippen LogP contribution in [0, 0.1) is 5.92 Å². The number of nitrogens with zero attached hydrogens (tertiary/aromatic N) is 2. The molecule has 1 aromatic heterocycles. The molecule has 2 atom stereocenters. The largest absolute Gasteiger partial charge is 0.301 e. The highest BCUT2D eigenvalue weighted by atomic mass is 32.2. The van der Waals surface area contributed by atoms with Crippen molar-refractivity contribution in [3.8, 4) is 0 Å². The Hall–Kier alpha value is -1.77. The molecule has 2 aromatic rings. The van der Waals surface area contributed by atoms with Crippen molar-refractivity contribution >= 4 is 32.4 Å². The number of aromatic nitrogens is 1. The predicted octanol–water partition coefficient (Wildman–Crippen LogP) is 3.06. The summed E-state index contributed by atoms with van der Waals surface area (Å²) in [7, 11) is -3.68. The monoisotopic (exact) mass is 405 g/mol. The van der Waals surface area contributed by atoms with Crippen molar-refractivity contribution < 1.29 is 13.2 Å². The Morgan fingerprint density at radius 1 is 1.26 bits per heavy atom. The lowest BCUT2D eigenvalue weighted by molar-refractivity contribution is -0.119. The maximum atomic E-state index is 12.9. The van der Waals surface area contributed by atoms with Gasteiger partial charge in [-0.1, -0.05) is 25.1 Å². The van der Waals surface area contributed by atoms with E-state index in [-0.39, 0.29) is 10.8 Å². The molecule has 1 aromatic carbocycles. The molecule has 1 aliphatic carbocycles. The minimum atomic E-state index is -3.68. The number of hydrogen-bond donors (Lipinski definition) is 1. The van der Waals surface area contributed by atoms with Crippen molar-refractivity contribution in [2.75, 3.05) is 11.9 Å². The molecule has 0 saturated carbocycles. The number of carbonyl (C=O) groups excluding carboxylic acids is 1. The number of anilines is 1. The molecule has 1 amide bonds. The molecule has 1 aliphatic heterocycles. The lowest BCUT2D eigenvalue weighted by Gasteiger charge is -2.23. The number of nitrogens with one attached hydrogen (secondary N) is 1. The molecule has 1 fully saturated rings. The van der Waals surface area contributed by atoms with Gasteiger partial charge in [0.05, 0.1) is 10.6 Å². The molecule has 4 rings (SSSR count). The number of benzene rings is 1. The lowest BCUT2D eigenvalue weighted by atomic mass is 9.93. The van der Waals surface area contributed by atoms with Crippen molar-refractivity contribution in [2.24, 2.45) is 5.92 Å². The average molecular weight is 406 g/mol. The number of fused-ring (bicyclic) bond motifs is 1. The van der Waals surface area contributed by atoms with Crippen LogP contribution in [0.2, 0.25) is 0 Å². The molecule has 0 radical (unpaired) electrons. The van der Waals surface area contributed by atoms with Gasteiger partial charge in [-0.3, -0.25) is 4.79 Å². The molecule has 0 unspecified atom stereocenters. The van der Waals surface area contributed by atoms with Crippen LogP contribution in [0.5, 0.6) is 0 Å². The topological polar surface area (TPSA) is 79.4 Å². The van der Waals surface area contributed by atoms with E-state index in [1.165, 1.54) is 20.5 Å². The van der Waals surface area contributed by atoms with Crippen molar-refractivity contribution in [3.63, 3.8) is 0 Å². The Kier molecular flexibility index (Phi) is 5.05. The van der Waals surface area contributed by atoms with Crippen molar-refractivity contribution in [3.05, 3.63) is 40.9 Å². The number of amides is 1. The Balaban J connectivity index is 1.52. The molecule has 144 valence electrons. The summed E-state index contributed by atoms with van der Waals surface area (Å²) in [5, 5.41) is 3.46. The van der Waals surface area contributed by atoms with Gasteiger partial charge in [-0.2, -0.15) is 4.31 Å². The third-order valence-corrected chi connectivity index (χ3v) is 8.23. The zero-order valence-corrected chi connectivity index (χ0v) is 16.9. The molecule has 2 heterocycles. The molecular weight excluding hydrogens is 382 g/mol. The standard InChI is InChI=1S/C19H23N3O3S2/c1-13-9-10-15-17(12-13)26-19(20-15)21-18(23)16-8-5-11-22(16)27(24,25)14-6-3-2-4-7-14/h2-4,6-7,13,16H,5,8-12H2,1H3,(H,20,21,23)/t13-,16-/m0/s1. The van der Waals surface area contributed by atoms with Crippen LogP contribution in [-0.4, -0.2) is 36.2 Å². The van der Waals surface area contributed by atoms with Gasteiger partial charge in [0.1, 0.15) is 6.04 Å². The molecule has 6 nitrogen and oxygen atoms in total. The van der Waals surface area contributed by atoms with Gasteiger partial charge in [0.25, 0.3) is 0 Å². The molecule has 1 saturated heterocycles. The van der Waals surface area contributed by atoms with Crippen LogP contribution in [0.15, 0.2) is 35.2 Å². The summed E-state index contributed by atoms with van der Waals surface area (Å²) in [6, 6.07) is 7.61. The number of thiazole rings is 1. The quantitative estimate of drug-likeness (QED) is 0.848. The van der Waals surface area contributed by atoms with E-state index in [0.29, 0.717) is 30.4 Å². The zero-order valence-electron chi connectivity index (χ0n) is 15.2. The molecule has 0 bridgehead atoms. The van der Waals surface area contributed by atoms with Crippen LogP contribution in [0.3, 0.4) is 0 Å². The van der Waals surface area contributed by atoms with Crippen molar-refractivity contribution in [2.45, 2.75) is 50.0 Å². The third-order valence-electron chi connectivity index (χ3n) is 5.27. The van der Waals surface area contributed by atoms with Gasteiger partial charge in [-0.15, -0.1) is 11.3 Å². The van der Waals surface area contributed by atoms with E-state index in [0.717, 1.165) is 25.0 Å². The Labute approximate surface area is 163 Å². The molecular formula is C19H23N3O3S2. The minimum Gasteiger partial charge on any atom is -0.301 e. The van der Waals surface area contributed by atoms with E-state index in [1.54, 1.807) is 30.3 Å². The van der Waals surface area contributed by atoms with E-state index in [1.807, 2.05) is 0 Å². The Morgan fingerprint density at radius 2 is 2.04 bits per heavy atom. The summed E-state index contributed by atoms with van der Waals surface area (Å²) < 4.78 is 27.2. The summed E-state index contributed by atoms with van der Waals surface area (Å²) in [6.45, 7) is 2.59. The fraction of sp³-hybridized carbons (Fsp3) is 0.474. The zero-order chi connectivity index (χ0) is 19.0. The highest BCUT2D eigenvalue weighted by Crippen LogP contribution is 2.33. The molecule has 2 aliphatic rings. The molecule has 0 spiro atoms. The van der Waals surface area contributed by atoms with Crippen LogP contribution >= 0.6 is 11.3 Å². The summed E-state index contributed by atoms with van der Waals surface area (Å²) in [5.41, 5.74) is 1.08. The van der Waals surface area contributed by atoms with E-state index in [2.05, 4.69) is 17.2 Å². The second-order valence-electron chi connectivity index (χ2n) is 7.31. The summed E-state index contributed by atoms with van der Waals surface area (Å²) in [5.74, 6) is 0.356. The lowest BCUT2D eigenvalue weighted by Crippen LogP contribution is -2.43. The van der Waals surface area contributed by atoms with Crippen LogP contribution < -0.4 is 5.32 Å². The normalized spacial score (nSPS) is 23.1. The summed E-state index contributed by atoms with van der Waals surface area (Å²) in [6.07, 6.45) is 4.27. The van der Waals surface area contributed by atoms with Gasteiger partial charge < -0.3 is 5.32 Å².